The van der Waals surface area contributed by atoms with Crippen LogP contribution in [0.2, 0.25) is 0 Å². The molecule has 4 nitrogen and oxygen atoms in total. The van der Waals surface area contributed by atoms with Gasteiger partial charge in [0.25, 0.3) is 0 Å². The van der Waals surface area contributed by atoms with Crippen LogP contribution in [0.25, 0.3) is 0 Å². The van der Waals surface area contributed by atoms with Crippen molar-refractivity contribution in [2.45, 2.75) is 52.3 Å². The van der Waals surface area contributed by atoms with Crippen LogP contribution >= 0.6 is 0 Å². The topological polar surface area (TPSA) is 41.3 Å². The molecule has 1 fully saturated rings. The zero-order valence-corrected chi connectivity index (χ0v) is 11.7. The lowest BCUT2D eigenvalue weighted by Gasteiger charge is -2.33. The molecule has 1 aliphatic rings. The first-order valence-electron chi connectivity index (χ1n) is 6.99. The van der Waals surface area contributed by atoms with Gasteiger partial charge < -0.3 is 5.11 Å². The van der Waals surface area contributed by atoms with Gasteiger partial charge >= 0.3 is 0 Å². The summed E-state index contributed by atoms with van der Waals surface area (Å²) in [5.74, 6) is 0.430. The highest BCUT2D eigenvalue weighted by atomic mass is 16.3. The number of hydrogen-bond acceptors (Lipinski definition) is 3. The van der Waals surface area contributed by atoms with E-state index in [0.717, 1.165) is 26.1 Å². The lowest BCUT2D eigenvalue weighted by atomic mass is 9.93. The lowest BCUT2D eigenvalue weighted by molar-refractivity contribution is 0.0599. The molecule has 0 unspecified atom stereocenters. The van der Waals surface area contributed by atoms with Gasteiger partial charge in [0.1, 0.15) is 0 Å². The molecule has 0 bridgehead atoms. The van der Waals surface area contributed by atoms with E-state index in [0.29, 0.717) is 12.0 Å². The lowest BCUT2D eigenvalue weighted by Crippen LogP contribution is -2.38. The molecule has 4 heteroatoms. The second kappa shape index (κ2) is 5.85. The fourth-order valence-corrected chi connectivity index (χ4v) is 2.63. The number of aromatic nitrogens is 2. The smallest absolute Gasteiger partial charge is 0.0552 e. The van der Waals surface area contributed by atoms with E-state index in [-0.39, 0.29) is 6.10 Å². The molecule has 0 aromatic carbocycles. The van der Waals surface area contributed by atoms with Crippen LogP contribution < -0.4 is 0 Å². The van der Waals surface area contributed by atoms with Crippen LogP contribution in [0.5, 0.6) is 0 Å². The van der Waals surface area contributed by atoms with E-state index in [1.807, 2.05) is 17.8 Å². The number of piperidine rings is 1. The Kier molecular flexibility index (Phi) is 4.40. The largest absolute Gasteiger partial charge is 0.393 e. The molecule has 0 aliphatic carbocycles. The number of hydrogen-bond donors (Lipinski definition) is 1. The van der Waals surface area contributed by atoms with E-state index in [2.05, 4.69) is 30.0 Å². The zero-order chi connectivity index (χ0) is 13.1. The van der Waals surface area contributed by atoms with Crippen molar-refractivity contribution in [3.8, 4) is 0 Å². The van der Waals surface area contributed by atoms with E-state index in [1.54, 1.807) is 0 Å². The normalized spacial score (nSPS) is 23.5. The number of likely N-dealkylation sites (tertiary alicyclic amines) is 1. The molecule has 2 rings (SSSR count). The fourth-order valence-electron chi connectivity index (χ4n) is 2.63. The molecule has 2 heterocycles. The molecule has 1 aromatic rings. The van der Waals surface area contributed by atoms with Gasteiger partial charge in [-0.1, -0.05) is 0 Å². The standard InChI is InChI=1S/C14H25N3O/c1-11(2)17-9-13(7-15-17)8-16-6-4-5-14(10-16)12(3)18/h7,9,11-12,14,18H,4-6,8,10H2,1-3H3/t12-,14+/m0/s1. The maximum Gasteiger partial charge on any atom is 0.0552 e. The Bertz CT molecular complexity index is 373. The molecule has 18 heavy (non-hydrogen) atoms. The van der Waals surface area contributed by atoms with Crippen molar-refractivity contribution in [2.75, 3.05) is 13.1 Å². The highest BCUT2D eigenvalue weighted by Crippen LogP contribution is 2.21. The van der Waals surface area contributed by atoms with Gasteiger partial charge in [-0.05, 0) is 46.1 Å². The summed E-state index contributed by atoms with van der Waals surface area (Å²) in [5, 5.41) is 14.1. The summed E-state index contributed by atoms with van der Waals surface area (Å²) >= 11 is 0. The average molecular weight is 251 g/mol. The molecule has 2 atom stereocenters. The second-order valence-corrected chi connectivity index (χ2v) is 5.80. The van der Waals surface area contributed by atoms with Crippen LogP contribution in [0.4, 0.5) is 0 Å². The summed E-state index contributed by atoms with van der Waals surface area (Å²) in [5.41, 5.74) is 1.27. The molecule has 0 radical (unpaired) electrons. The summed E-state index contributed by atoms with van der Waals surface area (Å²) in [6, 6.07) is 0.422. The minimum Gasteiger partial charge on any atom is -0.393 e. The van der Waals surface area contributed by atoms with E-state index in [9.17, 15) is 5.11 Å². The highest BCUT2D eigenvalue weighted by molar-refractivity contribution is 5.04. The second-order valence-electron chi connectivity index (χ2n) is 5.80. The summed E-state index contributed by atoms with van der Waals surface area (Å²) in [6.07, 6.45) is 6.25. The molecule has 0 saturated carbocycles. The summed E-state index contributed by atoms with van der Waals surface area (Å²) in [4.78, 5) is 2.43. The minimum absolute atomic E-state index is 0.189. The molecule has 1 saturated heterocycles. The molecule has 1 aliphatic heterocycles. The summed E-state index contributed by atoms with van der Waals surface area (Å²) < 4.78 is 2.01. The Morgan fingerprint density at radius 3 is 2.83 bits per heavy atom. The maximum atomic E-state index is 9.69. The fraction of sp³-hybridized carbons (Fsp3) is 0.786. The number of rotatable bonds is 4. The van der Waals surface area contributed by atoms with Crippen LogP contribution in [-0.2, 0) is 6.54 Å². The van der Waals surface area contributed by atoms with Gasteiger partial charge in [-0.2, -0.15) is 5.10 Å². The minimum atomic E-state index is -0.189. The third-order valence-corrected chi connectivity index (χ3v) is 3.81. The molecular formula is C14H25N3O. The van der Waals surface area contributed by atoms with Gasteiger partial charge in [0.15, 0.2) is 0 Å². The molecule has 0 amide bonds. The third kappa shape index (κ3) is 3.33. The van der Waals surface area contributed by atoms with E-state index in [4.69, 9.17) is 0 Å². The summed E-state index contributed by atoms with van der Waals surface area (Å²) in [6.45, 7) is 9.28. The Balaban J connectivity index is 1.92. The third-order valence-electron chi connectivity index (χ3n) is 3.81. The van der Waals surface area contributed by atoms with E-state index < -0.39 is 0 Å². The molecule has 1 aromatic heterocycles. The Labute approximate surface area is 110 Å². The van der Waals surface area contributed by atoms with Crippen molar-refractivity contribution in [1.29, 1.82) is 0 Å². The van der Waals surface area contributed by atoms with Crippen LogP contribution in [0.15, 0.2) is 12.4 Å². The van der Waals surface area contributed by atoms with Crippen LogP contribution in [-0.4, -0.2) is 39.0 Å². The van der Waals surface area contributed by atoms with Crippen molar-refractivity contribution in [3.63, 3.8) is 0 Å². The molecule has 0 spiro atoms. The highest BCUT2D eigenvalue weighted by Gasteiger charge is 2.23. The van der Waals surface area contributed by atoms with E-state index in [1.165, 1.54) is 12.0 Å². The first-order valence-corrected chi connectivity index (χ1v) is 6.99. The van der Waals surface area contributed by atoms with Gasteiger partial charge in [0, 0.05) is 30.9 Å². The van der Waals surface area contributed by atoms with Gasteiger partial charge in [-0.25, -0.2) is 0 Å². The van der Waals surface area contributed by atoms with Crippen LogP contribution in [0.3, 0.4) is 0 Å². The maximum absolute atomic E-state index is 9.69. The van der Waals surface area contributed by atoms with Crippen molar-refractivity contribution in [3.05, 3.63) is 18.0 Å². The van der Waals surface area contributed by atoms with Crippen molar-refractivity contribution >= 4 is 0 Å². The predicted octanol–water partition coefficient (Wildman–Crippen LogP) is 2.06. The number of nitrogens with zero attached hydrogens (tertiary/aromatic N) is 3. The van der Waals surface area contributed by atoms with Crippen LogP contribution in [0, 0.1) is 5.92 Å². The van der Waals surface area contributed by atoms with Crippen LogP contribution in [0.1, 0.15) is 45.2 Å². The summed E-state index contributed by atoms with van der Waals surface area (Å²) in [7, 11) is 0. The van der Waals surface area contributed by atoms with Gasteiger partial charge in [0.2, 0.25) is 0 Å². The molecule has 1 N–H and O–H groups in total. The predicted molar refractivity (Wildman–Crippen MR) is 72.3 cm³/mol. The molecular weight excluding hydrogens is 226 g/mol. The van der Waals surface area contributed by atoms with Gasteiger partial charge in [-0.3, -0.25) is 9.58 Å². The SMILES string of the molecule is CC(C)n1cc(CN2CCC[C@@H]([C@H](C)O)C2)cn1. The van der Waals surface area contributed by atoms with E-state index >= 15 is 0 Å². The Hall–Kier alpha value is -0.870. The first-order chi connectivity index (χ1) is 8.56. The van der Waals surface area contributed by atoms with Gasteiger partial charge in [0.05, 0.1) is 12.3 Å². The molecule has 102 valence electrons. The van der Waals surface area contributed by atoms with Crippen molar-refractivity contribution in [1.82, 2.24) is 14.7 Å². The quantitative estimate of drug-likeness (QED) is 0.890. The Morgan fingerprint density at radius 1 is 1.44 bits per heavy atom. The van der Waals surface area contributed by atoms with Gasteiger partial charge in [-0.15, -0.1) is 0 Å². The van der Waals surface area contributed by atoms with Crippen molar-refractivity contribution < 1.29 is 5.11 Å². The van der Waals surface area contributed by atoms with Crippen molar-refractivity contribution in [2.24, 2.45) is 5.92 Å². The zero-order valence-electron chi connectivity index (χ0n) is 11.7. The first kappa shape index (κ1) is 13.6. The number of aliphatic hydroxyl groups is 1. The average Bonchev–Trinajstić information content (AvgIpc) is 2.78. The monoisotopic (exact) mass is 251 g/mol. The Morgan fingerprint density at radius 2 is 2.22 bits per heavy atom. The number of aliphatic hydroxyl groups excluding tert-OH is 1.